The van der Waals surface area contributed by atoms with Crippen LogP contribution in [0.2, 0.25) is 0 Å². The molecule has 1 fully saturated rings. The Bertz CT molecular complexity index is 391. The van der Waals surface area contributed by atoms with Crippen molar-refractivity contribution in [3.05, 3.63) is 30.1 Å². The summed E-state index contributed by atoms with van der Waals surface area (Å²) in [6.07, 6.45) is 0.103. The molecule has 0 saturated carbocycles. The maximum absolute atomic E-state index is 13.2. The van der Waals surface area contributed by atoms with E-state index in [-0.39, 0.29) is 17.8 Å². The van der Waals surface area contributed by atoms with Gasteiger partial charge in [-0.25, -0.2) is 9.18 Å². The fourth-order valence-corrected chi connectivity index (χ4v) is 1.51. The molecule has 1 aliphatic rings. The molecule has 2 amide bonds. The number of methoxy groups -OCH3 is 1. The van der Waals surface area contributed by atoms with E-state index in [0.717, 1.165) is 0 Å². The van der Waals surface area contributed by atoms with Gasteiger partial charge in [-0.05, 0) is 12.1 Å². The SMILES string of the molecule is COC1CN(C(=O)Nc2ccccc2F)C1. The van der Waals surface area contributed by atoms with E-state index in [9.17, 15) is 9.18 Å². The molecule has 0 unspecified atom stereocenters. The molecule has 1 aromatic rings. The van der Waals surface area contributed by atoms with E-state index in [1.807, 2.05) is 0 Å². The highest BCUT2D eigenvalue weighted by atomic mass is 19.1. The van der Waals surface area contributed by atoms with Crippen LogP contribution in [0.25, 0.3) is 0 Å². The number of carbonyl (C=O) groups is 1. The first-order valence-electron chi connectivity index (χ1n) is 5.04. The Morgan fingerprint density at radius 1 is 1.50 bits per heavy atom. The summed E-state index contributed by atoms with van der Waals surface area (Å²) in [6, 6.07) is 5.80. The molecule has 0 aliphatic carbocycles. The number of hydrogen-bond acceptors (Lipinski definition) is 2. The molecule has 0 spiro atoms. The molecular formula is C11H13FN2O2. The lowest BCUT2D eigenvalue weighted by Crippen LogP contribution is -2.55. The van der Waals surface area contributed by atoms with Gasteiger partial charge in [0.25, 0.3) is 0 Å². The summed E-state index contributed by atoms with van der Waals surface area (Å²) in [6.45, 7) is 1.10. The molecule has 4 nitrogen and oxygen atoms in total. The Kier molecular flexibility index (Phi) is 3.05. The van der Waals surface area contributed by atoms with Crippen molar-refractivity contribution in [2.75, 3.05) is 25.5 Å². The van der Waals surface area contributed by atoms with Gasteiger partial charge in [0, 0.05) is 7.11 Å². The van der Waals surface area contributed by atoms with Crippen LogP contribution in [0.5, 0.6) is 0 Å². The zero-order chi connectivity index (χ0) is 11.5. The number of halogens is 1. The van der Waals surface area contributed by atoms with Crippen LogP contribution in [0.3, 0.4) is 0 Å². The average Bonchev–Trinajstić information content (AvgIpc) is 2.20. The number of urea groups is 1. The summed E-state index contributed by atoms with van der Waals surface area (Å²) in [5, 5.41) is 2.51. The van der Waals surface area contributed by atoms with Crippen LogP contribution in [0.15, 0.2) is 24.3 Å². The lowest BCUT2D eigenvalue weighted by molar-refractivity contribution is -0.00467. The maximum atomic E-state index is 13.2. The lowest BCUT2D eigenvalue weighted by Gasteiger charge is -2.37. The summed E-state index contributed by atoms with van der Waals surface area (Å²) in [5.74, 6) is -0.431. The standard InChI is InChI=1S/C11H13FN2O2/c1-16-8-6-14(7-8)11(15)13-10-5-3-2-4-9(10)12/h2-5,8H,6-7H2,1H3,(H,13,15). The molecule has 1 saturated heterocycles. The van der Waals surface area contributed by atoms with E-state index in [2.05, 4.69) is 5.32 Å². The van der Waals surface area contributed by atoms with Crippen LogP contribution in [-0.2, 0) is 4.74 Å². The van der Waals surface area contributed by atoms with E-state index >= 15 is 0 Å². The van der Waals surface area contributed by atoms with Crippen LogP contribution in [0.4, 0.5) is 14.9 Å². The van der Waals surface area contributed by atoms with Gasteiger partial charge in [0.05, 0.1) is 24.9 Å². The molecule has 2 rings (SSSR count). The summed E-state index contributed by atoms with van der Waals surface area (Å²) < 4.78 is 18.3. The topological polar surface area (TPSA) is 41.6 Å². The number of para-hydroxylation sites is 1. The van der Waals surface area contributed by atoms with Crippen LogP contribution in [0, 0.1) is 5.82 Å². The second-order valence-electron chi connectivity index (χ2n) is 3.67. The van der Waals surface area contributed by atoms with E-state index in [1.165, 1.54) is 12.1 Å². The van der Waals surface area contributed by atoms with E-state index in [0.29, 0.717) is 13.1 Å². The third-order valence-corrected chi connectivity index (χ3v) is 2.58. The fraction of sp³-hybridized carbons (Fsp3) is 0.364. The maximum Gasteiger partial charge on any atom is 0.322 e. The van der Waals surface area contributed by atoms with Crippen molar-refractivity contribution < 1.29 is 13.9 Å². The van der Waals surface area contributed by atoms with Crippen molar-refractivity contribution in [3.63, 3.8) is 0 Å². The number of hydrogen-bond donors (Lipinski definition) is 1. The predicted octanol–water partition coefficient (Wildman–Crippen LogP) is 1.69. The highest BCUT2D eigenvalue weighted by Crippen LogP contribution is 2.16. The Morgan fingerprint density at radius 2 is 2.19 bits per heavy atom. The number of benzene rings is 1. The monoisotopic (exact) mass is 224 g/mol. The van der Waals surface area contributed by atoms with E-state index < -0.39 is 5.82 Å². The smallest absolute Gasteiger partial charge is 0.322 e. The number of likely N-dealkylation sites (tertiary alicyclic amines) is 1. The number of nitrogens with one attached hydrogen (secondary N) is 1. The second kappa shape index (κ2) is 4.49. The summed E-state index contributed by atoms with van der Waals surface area (Å²) >= 11 is 0. The molecule has 86 valence electrons. The zero-order valence-corrected chi connectivity index (χ0v) is 8.94. The van der Waals surface area contributed by atoms with E-state index in [1.54, 1.807) is 24.1 Å². The third-order valence-electron chi connectivity index (χ3n) is 2.58. The highest BCUT2D eigenvalue weighted by Gasteiger charge is 2.30. The second-order valence-corrected chi connectivity index (χ2v) is 3.67. The predicted molar refractivity (Wildman–Crippen MR) is 57.8 cm³/mol. The van der Waals surface area contributed by atoms with Gasteiger partial charge in [-0.2, -0.15) is 0 Å². The number of amides is 2. The summed E-state index contributed by atoms with van der Waals surface area (Å²) in [7, 11) is 1.61. The average molecular weight is 224 g/mol. The quantitative estimate of drug-likeness (QED) is 0.830. The van der Waals surface area contributed by atoms with Gasteiger partial charge < -0.3 is 15.0 Å². The van der Waals surface area contributed by atoms with Gasteiger partial charge in [0.15, 0.2) is 0 Å². The first-order valence-corrected chi connectivity index (χ1v) is 5.04. The molecule has 1 aliphatic heterocycles. The Labute approximate surface area is 93.0 Å². The zero-order valence-electron chi connectivity index (χ0n) is 8.94. The van der Waals surface area contributed by atoms with Gasteiger partial charge >= 0.3 is 6.03 Å². The number of anilines is 1. The molecule has 1 N–H and O–H groups in total. The van der Waals surface area contributed by atoms with Gasteiger partial charge in [-0.15, -0.1) is 0 Å². The number of ether oxygens (including phenoxy) is 1. The van der Waals surface area contributed by atoms with Crippen molar-refractivity contribution in [3.8, 4) is 0 Å². The van der Waals surface area contributed by atoms with Gasteiger partial charge in [-0.3, -0.25) is 0 Å². The minimum absolute atomic E-state index is 0.103. The van der Waals surface area contributed by atoms with Crippen molar-refractivity contribution in [1.82, 2.24) is 4.90 Å². The van der Waals surface area contributed by atoms with Gasteiger partial charge in [0.2, 0.25) is 0 Å². The fourth-order valence-electron chi connectivity index (χ4n) is 1.51. The van der Waals surface area contributed by atoms with Crippen LogP contribution in [0.1, 0.15) is 0 Å². The summed E-state index contributed by atoms with van der Waals surface area (Å²) in [5.41, 5.74) is 0.202. The van der Waals surface area contributed by atoms with Crippen molar-refractivity contribution in [2.24, 2.45) is 0 Å². The number of nitrogens with zero attached hydrogens (tertiary/aromatic N) is 1. The Morgan fingerprint density at radius 3 is 2.81 bits per heavy atom. The van der Waals surface area contributed by atoms with Gasteiger partial charge in [-0.1, -0.05) is 12.1 Å². The minimum Gasteiger partial charge on any atom is -0.378 e. The van der Waals surface area contributed by atoms with Crippen LogP contribution in [-0.4, -0.2) is 37.2 Å². The Hall–Kier alpha value is -1.62. The Balaban J connectivity index is 1.91. The largest absolute Gasteiger partial charge is 0.378 e. The highest BCUT2D eigenvalue weighted by molar-refractivity contribution is 5.90. The summed E-state index contributed by atoms with van der Waals surface area (Å²) in [4.78, 5) is 13.2. The number of rotatable bonds is 2. The molecular weight excluding hydrogens is 211 g/mol. The molecule has 5 heteroatoms. The first kappa shape index (κ1) is 10.9. The lowest BCUT2D eigenvalue weighted by atomic mass is 10.2. The molecule has 1 heterocycles. The molecule has 0 atom stereocenters. The third kappa shape index (κ3) is 2.14. The molecule has 0 aromatic heterocycles. The normalized spacial score (nSPS) is 15.8. The van der Waals surface area contributed by atoms with E-state index in [4.69, 9.17) is 4.74 Å². The minimum atomic E-state index is -0.431. The molecule has 0 radical (unpaired) electrons. The van der Waals surface area contributed by atoms with Crippen molar-refractivity contribution in [2.45, 2.75) is 6.10 Å². The van der Waals surface area contributed by atoms with Gasteiger partial charge in [0.1, 0.15) is 5.82 Å². The molecule has 0 bridgehead atoms. The number of carbonyl (C=O) groups excluding carboxylic acids is 1. The molecule has 16 heavy (non-hydrogen) atoms. The van der Waals surface area contributed by atoms with Crippen LogP contribution >= 0.6 is 0 Å². The first-order chi connectivity index (χ1) is 7.70. The van der Waals surface area contributed by atoms with Crippen molar-refractivity contribution >= 4 is 11.7 Å². The molecule has 1 aromatic carbocycles. The van der Waals surface area contributed by atoms with Crippen molar-refractivity contribution in [1.29, 1.82) is 0 Å². The van der Waals surface area contributed by atoms with Crippen LogP contribution < -0.4 is 5.32 Å².